The van der Waals surface area contributed by atoms with Crippen LogP contribution in [0, 0.1) is 11.3 Å². The van der Waals surface area contributed by atoms with E-state index in [1.54, 1.807) is 0 Å². The summed E-state index contributed by atoms with van der Waals surface area (Å²) < 4.78 is 3.21. The van der Waals surface area contributed by atoms with Gasteiger partial charge in [0.1, 0.15) is 0 Å². The van der Waals surface area contributed by atoms with Crippen molar-refractivity contribution < 1.29 is 0 Å². The van der Waals surface area contributed by atoms with Gasteiger partial charge in [0.25, 0.3) is 0 Å². The minimum atomic E-state index is 0.261. The molecule has 0 aromatic carbocycles. The van der Waals surface area contributed by atoms with Crippen LogP contribution in [0.25, 0.3) is 0 Å². The number of hydrogen-bond acceptors (Lipinski definition) is 2. The van der Waals surface area contributed by atoms with Crippen molar-refractivity contribution in [3.8, 4) is 0 Å². The van der Waals surface area contributed by atoms with Gasteiger partial charge in [0.15, 0.2) is 0 Å². The lowest BCUT2D eigenvalue weighted by Crippen LogP contribution is -2.39. The van der Waals surface area contributed by atoms with Crippen LogP contribution in [0.1, 0.15) is 58.6 Å². The van der Waals surface area contributed by atoms with Crippen molar-refractivity contribution in [2.24, 2.45) is 17.1 Å². The summed E-state index contributed by atoms with van der Waals surface area (Å²) in [7, 11) is 0. The molecule has 0 amide bonds. The smallest absolute Gasteiger partial charge is 0.0635 e. The molecule has 1 aromatic rings. The summed E-state index contributed by atoms with van der Waals surface area (Å²) in [4.78, 5) is 0. The third-order valence-corrected chi connectivity index (χ3v) is 5.22. The molecule has 0 saturated heterocycles. The molecular formula is C15H26BrN3. The zero-order valence-corrected chi connectivity index (χ0v) is 14.1. The van der Waals surface area contributed by atoms with Gasteiger partial charge in [0.2, 0.25) is 0 Å². The lowest BCUT2D eigenvalue weighted by atomic mass is 9.67. The molecule has 1 heterocycles. The van der Waals surface area contributed by atoms with E-state index in [0.29, 0.717) is 11.3 Å². The molecule has 1 aliphatic rings. The van der Waals surface area contributed by atoms with Crippen molar-refractivity contribution in [1.82, 2.24) is 9.78 Å². The molecule has 0 radical (unpaired) electrons. The van der Waals surface area contributed by atoms with Gasteiger partial charge >= 0.3 is 0 Å². The summed E-state index contributed by atoms with van der Waals surface area (Å²) in [5.74, 6) is 1.17. The number of aryl methyl sites for hydroxylation is 1. The monoisotopic (exact) mass is 327 g/mol. The van der Waals surface area contributed by atoms with Crippen LogP contribution >= 0.6 is 15.9 Å². The summed E-state index contributed by atoms with van der Waals surface area (Å²) in [6, 6.07) is 0.261. The van der Waals surface area contributed by atoms with Crippen LogP contribution in [0.4, 0.5) is 0 Å². The normalized spacial score (nSPS) is 28.6. The van der Waals surface area contributed by atoms with Crippen LogP contribution in [0.5, 0.6) is 0 Å². The van der Waals surface area contributed by atoms with E-state index >= 15 is 0 Å². The van der Waals surface area contributed by atoms with Gasteiger partial charge in [-0.25, -0.2) is 0 Å². The predicted octanol–water partition coefficient (Wildman–Crippen LogP) is 3.92. The second kappa shape index (κ2) is 5.57. The maximum Gasteiger partial charge on any atom is 0.0635 e. The highest BCUT2D eigenvalue weighted by atomic mass is 79.9. The molecule has 1 aliphatic carbocycles. The molecule has 108 valence electrons. The van der Waals surface area contributed by atoms with E-state index in [2.05, 4.69) is 53.4 Å². The fourth-order valence-electron chi connectivity index (χ4n) is 3.29. The molecule has 2 N–H and O–H groups in total. The first-order chi connectivity index (χ1) is 8.84. The second-order valence-corrected chi connectivity index (χ2v) is 7.69. The highest BCUT2D eigenvalue weighted by Gasteiger charge is 2.37. The van der Waals surface area contributed by atoms with Crippen molar-refractivity contribution in [2.75, 3.05) is 0 Å². The van der Waals surface area contributed by atoms with E-state index in [1.807, 2.05) is 6.20 Å². The average Bonchev–Trinajstić information content (AvgIpc) is 2.69. The van der Waals surface area contributed by atoms with Gasteiger partial charge in [-0.3, -0.25) is 4.68 Å². The summed E-state index contributed by atoms with van der Waals surface area (Å²) in [6.45, 7) is 10.1. The van der Waals surface area contributed by atoms with Gasteiger partial charge < -0.3 is 5.73 Å². The van der Waals surface area contributed by atoms with Crippen LogP contribution in [0.15, 0.2) is 10.7 Å². The van der Waals surface area contributed by atoms with Crippen LogP contribution in [-0.2, 0) is 6.54 Å². The maximum absolute atomic E-state index is 6.41. The first-order valence-electron chi connectivity index (χ1n) is 7.31. The van der Waals surface area contributed by atoms with E-state index in [1.165, 1.54) is 18.5 Å². The zero-order valence-electron chi connectivity index (χ0n) is 12.5. The number of rotatable bonds is 2. The molecular weight excluding hydrogens is 302 g/mol. The Bertz CT molecular complexity index is 433. The Morgan fingerprint density at radius 3 is 2.68 bits per heavy atom. The van der Waals surface area contributed by atoms with Crippen LogP contribution < -0.4 is 5.73 Å². The topological polar surface area (TPSA) is 43.8 Å². The standard InChI is InChI=1S/C15H26BrN3/c1-5-19-14(12(16)9-18-19)11-8-10(15(2,3)4)6-7-13(11)17/h9-11,13H,5-8,17H2,1-4H3. The molecule has 19 heavy (non-hydrogen) atoms. The van der Waals surface area contributed by atoms with E-state index in [4.69, 9.17) is 5.73 Å². The SMILES string of the molecule is CCn1ncc(Br)c1C1CC(C(C)(C)C)CCC1N. The van der Waals surface area contributed by atoms with Gasteiger partial charge in [-0.2, -0.15) is 5.10 Å². The van der Waals surface area contributed by atoms with Crippen molar-refractivity contribution in [3.63, 3.8) is 0 Å². The Labute approximate surface area is 125 Å². The molecule has 0 aliphatic heterocycles. The quantitative estimate of drug-likeness (QED) is 0.894. The van der Waals surface area contributed by atoms with Crippen molar-refractivity contribution >= 4 is 15.9 Å². The van der Waals surface area contributed by atoms with E-state index < -0.39 is 0 Å². The Kier molecular flexibility index (Phi) is 4.41. The number of halogens is 1. The van der Waals surface area contributed by atoms with Gasteiger partial charge in [-0.15, -0.1) is 0 Å². The van der Waals surface area contributed by atoms with E-state index in [-0.39, 0.29) is 6.04 Å². The molecule has 4 heteroatoms. The van der Waals surface area contributed by atoms with E-state index in [9.17, 15) is 0 Å². The fraction of sp³-hybridized carbons (Fsp3) is 0.800. The first-order valence-corrected chi connectivity index (χ1v) is 8.10. The molecule has 3 atom stereocenters. The largest absolute Gasteiger partial charge is 0.327 e. The molecule has 1 fully saturated rings. The van der Waals surface area contributed by atoms with Crippen LogP contribution in [0.2, 0.25) is 0 Å². The third kappa shape index (κ3) is 3.05. The predicted molar refractivity (Wildman–Crippen MR) is 83.1 cm³/mol. The van der Waals surface area contributed by atoms with Crippen molar-refractivity contribution in [3.05, 3.63) is 16.4 Å². The maximum atomic E-state index is 6.41. The Morgan fingerprint density at radius 1 is 1.42 bits per heavy atom. The van der Waals surface area contributed by atoms with Crippen molar-refractivity contribution in [2.45, 2.75) is 65.5 Å². The lowest BCUT2D eigenvalue weighted by molar-refractivity contribution is 0.150. The molecule has 1 aromatic heterocycles. The summed E-state index contributed by atoms with van der Waals surface area (Å²) in [5, 5.41) is 4.45. The van der Waals surface area contributed by atoms with E-state index in [0.717, 1.165) is 23.4 Å². The lowest BCUT2D eigenvalue weighted by Gasteiger charge is -2.41. The van der Waals surface area contributed by atoms with Gasteiger partial charge in [0.05, 0.1) is 16.4 Å². The van der Waals surface area contributed by atoms with Crippen LogP contribution in [0.3, 0.4) is 0 Å². The molecule has 2 rings (SSSR count). The van der Waals surface area contributed by atoms with Gasteiger partial charge in [-0.05, 0) is 53.4 Å². The molecule has 1 saturated carbocycles. The molecule has 0 bridgehead atoms. The highest BCUT2D eigenvalue weighted by molar-refractivity contribution is 9.10. The minimum absolute atomic E-state index is 0.261. The first kappa shape index (κ1) is 15.0. The third-order valence-electron chi connectivity index (χ3n) is 4.61. The number of aromatic nitrogens is 2. The zero-order chi connectivity index (χ0) is 14.2. The number of hydrogen-bond donors (Lipinski definition) is 1. The number of nitrogens with two attached hydrogens (primary N) is 1. The number of nitrogens with zero attached hydrogens (tertiary/aromatic N) is 2. The second-order valence-electron chi connectivity index (χ2n) is 6.84. The van der Waals surface area contributed by atoms with Gasteiger partial charge in [-0.1, -0.05) is 20.8 Å². The summed E-state index contributed by atoms with van der Waals surface area (Å²) >= 11 is 3.65. The fourth-order valence-corrected chi connectivity index (χ4v) is 3.88. The molecule has 3 unspecified atom stereocenters. The summed E-state index contributed by atoms with van der Waals surface area (Å²) in [6.07, 6.45) is 5.45. The Balaban J connectivity index is 2.28. The summed E-state index contributed by atoms with van der Waals surface area (Å²) in [5.41, 5.74) is 8.06. The van der Waals surface area contributed by atoms with Crippen molar-refractivity contribution in [1.29, 1.82) is 0 Å². The van der Waals surface area contributed by atoms with Crippen LogP contribution in [-0.4, -0.2) is 15.8 Å². The highest BCUT2D eigenvalue weighted by Crippen LogP contribution is 2.44. The average molecular weight is 328 g/mol. The molecule has 3 nitrogen and oxygen atoms in total. The molecule has 0 spiro atoms. The minimum Gasteiger partial charge on any atom is -0.327 e. The Hall–Kier alpha value is -0.350. The van der Waals surface area contributed by atoms with Gasteiger partial charge in [0, 0.05) is 18.5 Å². The Morgan fingerprint density at radius 2 is 2.11 bits per heavy atom.